The molecule has 2 saturated heterocycles. The van der Waals surface area contributed by atoms with Crippen molar-refractivity contribution < 1.29 is 14.3 Å². The molecule has 6 nitrogen and oxygen atoms in total. The van der Waals surface area contributed by atoms with Crippen molar-refractivity contribution in [3.05, 3.63) is 65.7 Å². The molecule has 146 valence electrons. The second-order valence-electron chi connectivity index (χ2n) is 7.32. The summed E-state index contributed by atoms with van der Waals surface area (Å²) in [6, 6.07) is 17.6. The Kier molecular flexibility index (Phi) is 5.30. The van der Waals surface area contributed by atoms with Crippen LogP contribution in [0.25, 0.3) is 0 Å². The van der Waals surface area contributed by atoms with Gasteiger partial charge in [-0.1, -0.05) is 42.5 Å². The van der Waals surface area contributed by atoms with Crippen molar-refractivity contribution in [1.82, 2.24) is 15.5 Å². The molecule has 2 aromatic rings. The van der Waals surface area contributed by atoms with E-state index in [1.165, 1.54) is 5.56 Å². The quantitative estimate of drug-likeness (QED) is 0.838. The molecule has 0 spiro atoms. The number of fused-ring (bicyclic) bond motifs is 1. The fourth-order valence-electron chi connectivity index (χ4n) is 4.31. The van der Waals surface area contributed by atoms with Gasteiger partial charge in [-0.15, -0.1) is 0 Å². The maximum atomic E-state index is 12.8. The predicted molar refractivity (Wildman–Crippen MR) is 106 cm³/mol. The lowest BCUT2D eigenvalue weighted by Crippen LogP contribution is -2.68. The molecule has 2 aromatic carbocycles. The minimum atomic E-state index is -0.325. The van der Waals surface area contributed by atoms with Gasteiger partial charge >= 0.3 is 6.03 Å². The normalized spacial score (nSPS) is 24.5. The number of amides is 3. The maximum absolute atomic E-state index is 12.8. The third-order valence-electron chi connectivity index (χ3n) is 5.72. The van der Waals surface area contributed by atoms with Gasteiger partial charge in [0.2, 0.25) is 5.91 Å². The molecule has 2 fully saturated rings. The van der Waals surface area contributed by atoms with E-state index in [4.69, 9.17) is 4.74 Å². The molecular formula is C22H25N3O3. The number of rotatable bonds is 5. The van der Waals surface area contributed by atoms with Gasteiger partial charge in [-0.25, -0.2) is 4.79 Å². The number of urea groups is 1. The Morgan fingerprint density at radius 2 is 1.93 bits per heavy atom. The van der Waals surface area contributed by atoms with Crippen LogP contribution in [0.3, 0.4) is 0 Å². The molecule has 3 unspecified atom stereocenters. The molecule has 0 aromatic heterocycles. The maximum Gasteiger partial charge on any atom is 0.325 e. The lowest BCUT2D eigenvalue weighted by atomic mass is 9.77. The van der Waals surface area contributed by atoms with Crippen LogP contribution >= 0.6 is 0 Å². The first kappa shape index (κ1) is 18.5. The van der Waals surface area contributed by atoms with E-state index in [1.807, 2.05) is 42.5 Å². The van der Waals surface area contributed by atoms with Crippen LogP contribution in [0.2, 0.25) is 0 Å². The van der Waals surface area contributed by atoms with Crippen molar-refractivity contribution >= 4 is 11.9 Å². The Labute approximate surface area is 164 Å². The van der Waals surface area contributed by atoms with Crippen LogP contribution in [0.15, 0.2) is 54.6 Å². The van der Waals surface area contributed by atoms with E-state index >= 15 is 0 Å². The Morgan fingerprint density at radius 1 is 1.11 bits per heavy atom. The number of nitrogens with one attached hydrogen (secondary N) is 2. The monoisotopic (exact) mass is 379 g/mol. The van der Waals surface area contributed by atoms with E-state index in [2.05, 4.69) is 22.8 Å². The van der Waals surface area contributed by atoms with Gasteiger partial charge in [0.25, 0.3) is 0 Å². The summed E-state index contributed by atoms with van der Waals surface area (Å²) in [5.74, 6) is 0.287. The minimum Gasteiger partial charge on any atom is -0.497 e. The number of hydrogen-bond donors (Lipinski definition) is 2. The molecule has 4 rings (SSSR count). The summed E-state index contributed by atoms with van der Waals surface area (Å²) in [6.07, 6.45) is 1.29. The minimum absolute atomic E-state index is 0.0358. The Balaban J connectivity index is 1.57. The Bertz CT molecular complexity index is 855. The van der Waals surface area contributed by atoms with Crippen molar-refractivity contribution in [2.45, 2.75) is 24.9 Å². The largest absolute Gasteiger partial charge is 0.497 e. The number of hydrogen-bond acceptors (Lipinski definition) is 4. The molecule has 3 amide bonds. The topological polar surface area (TPSA) is 70.7 Å². The third-order valence-corrected chi connectivity index (χ3v) is 5.72. The smallest absolute Gasteiger partial charge is 0.325 e. The summed E-state index contributed by atoms with van der Waals surface area (Å²) in [4.78, 5) is 27.1. The van der Waals surface area contributed by atoms with Gasteiger partial charge in [0.15, 0.2) is 0 Å². The van der Waals surface area contributed by atoms with Crippen LogP contribution in [-0.2, 0) is 11.2 Å². The number of carbonyl (C=O) groups is 2. The first-order valence-electron chi connectivity index (χ1n) is 9.70. The molecule has 2 aliphatic heterocycles. The van der Waals surface area contributed by atoms with Crippen LogP contribution in [-0.4, -0.2) is 43.2 Å². The second-order valence-corrected chi connectivity index (χ2v) is 7.32. The van der Waals surface area contributed by atoms with Crippen molar-refractivity contribution in [3.63, 3.8) is 0 Å². The number of ether oxygens (including phenoxy) is 1. The van der Waals surface area contributed by atoms with Crippen molar-refractivity contribution in [2.24, 2.45) is 5.92 Å². The first-order valence-corrected chi connectivity index (χ1v) is 9.70. The van der Waals surface area contributed by atoms with Gasteiger partial charge in [-0.3, -0.25) is 15.4 Å². The molecule has 2 aliphatic rings. The zero-order valence-corrected chi connectivity index (χ0v) is 15.9. The van der Waals surface area contributed by atoms with Crippen molar-refractivity contribution in [1.29, 1.82) is 0 Å². The Hall–Kier alpha value is -2.86. The van der Waals surface area contributed by atoms with E-state index in [1.54, 1.807) is 12.0 Å². The molecule has 6 heteroatoms. The molecular weight excluding hydrogens is 354 g/mol. The van der Waals surface area contributed by atoms with E-state index < -0.39 is 0 Å². The summed E-state index contributed by atoms with van der Waals surface area (Å²) >= 11 is 0. The highest BCUT2D eigenvalue weighted by Gasteiger charge is 2.47. The summed E-state index contributed by atoms with van der Waals surface area (Å²) in [5, 5.41) is 5.98. The molecule has 2 heterocycles. The average Bonchev–Trinajstić information content (AvgIpc) is 2.74. The fraction of sp³-hybridized carbons (Fsp3) is 0.364. The Morgan fingerprint density at radius 3 is 2.71 bits per heavy atom. The van der Waals surface area contributed by atoms with Gasteiger partial charge in [-0.05, 0) is 42.6 Å². The second kappa shape index (κ2) is 8.02. The predicted octanol–water partition coefficient (Wildman–Crippen LogP) is 2.51. The summed E-state index contributed by atoms with van der Waals surface area (Å²) < 4.78 is 5.35. The number of imide groups is 1. The van der Waals surface area contributed by atoms with Gasteiger partial charge in [0.1, 0.15) is 5.75 Å². The van der Waals surface area contributed by atoms with Gasteiger partial charge in [-0.2, -0.15) is 0 Å². The third kappa shape index (κ3) is 3.60. The zero-order valence-electron chi connectivity index (χ0n) is 15.9. The van der Waals surface area contributed by atoms with E-state index in [0.717, 1.165) is 30.7 Å². The number of piperidine rings is 1. The molecule has 2 N–H and O–H groups in total. The summed E-state index contributed by atoms with van der Waals surface area (Å²) in [5.41, 5.74) is 2.24. The first-order chi connectivity index (χ1) is 13.7. The van der Waals surface area contributed by atoms with E-state index in [0.29, 0.717) is 6.54 Å². The van der Waals surface area contributed by atoms with Gasteiger partial charge in [0, 0.05) is 12.5 Å². The van der Waals surface area contributed by atoms with Crippen LogP contribution in [0.1, 0.15) is 23.5 Å². The lowest BCUT2D eigenvalue weighted by Gasteiger charge is -2.46. The molecule has 0 bridgehead atoms. The summed E-state index contributed by atoms with van der Waals surface area (Å²) in [6.45, 7) is 1.31. The lowest BCUT2D eigenvalue weighted by molar-refractivity contribution is -0.131. The molecule has 0 aliphatic carbocycles. The molecule has 28 heavy (non-hydrogen) atoms. The summed E-state index contributed by atoms with van der Waals surface area (Å²) in [7, 11) is 1.64. The molecule has 0 saturated carbocycles. The van der Waals surface area contributed by atoms with Gasteiger partial charge < -0.3 is 9.64 Å². The fourth-order valence-corrected chi connectivity index (χ4v) is 4.31. The van der Waals surface area contributed by atoms with E-state index in [9.17, 15) is 9.59 Å². The highest BCUT2D eigenvalue weighted by molar-refractivity contribution is 5.99. The number of nitrogens with zero attached hydrogens (tertiary/aromatic N) is 1. The van der Waals surface area contributed by atoms with Crippen LogP contribution in [0.5, 0.6) is 5.75 Å². The van der Waals surface area contributed by atoms with Crippen LogP contribution in [0.4, 0.5) is 4.79 Å². The number of methoxy groups -OCH3 is 1. The van der Waals surface area contributed by atoms with Gasteiger partial charge in [0.05, 0.1) is 19.2 Å². The SMILES string of the molecule is COc1cccc(C2CCNC3C2C(=O)NC(=O)N3CCc2ccccc2)c1. The van der Waals surface area contributed by atoms with Crippen molar-refractivity contribution in [3.8, 4) is 5.75 Å². The van der Waals surface area contributed by atoms with E-state index in [-0.39, 0.29) is 29.9 Å². The number of carbonyl (C=O) groups excluding carboxylic acids is 2. The standard InChI is InChI=1S/C22H25N3O3/c1-28-17-9-5-8-16(14-17)18-10-12-23-20-19(18)21(26)24-22(27)25(20)13-11-15-6-3-2-4-7-15/h2-9,14,18-20,23H,10-13H2,1H3,(H,24,26,27). The number of benzene rings is 2. The molecule has 3 atom stereocenters. The highest BCUT2D eigenvalue weighted by Crippen LogP contribution is 2.37. The van der Waals surface area contributed by atoms with Crippen LogP contribution < -0.4 is 15.4 Å². The highest BCUT2D eigenvalue weighted by atomic mass is 16.5. The van der Waals surface area contributed by atoms with Crippen LogP contribution in [0, 0.1) is 5.92 Å². The van der Waals surface area contributed by atoms with Crippen molar-refractivity contribution in [2.75, 3.05) is 20.2 Å². The molecule has 0 radical (unpaired) electrons. The average molecular weight is 379 g/mol. The zero-order chi connectivity index (χ0) is 19.5.